The maximum atomic E-state index is 12.7. The molecule has 0 aliphatic heterocycles. The Labute approximate surface area is 162 Å². The normalized spacial score (nSPS) is 11.0. The van der Waals surface area contributed by atoms with Crippen molar-refractivity contribution >= 4 is 17.5 Å². The fourth-order valence-corrected chi connectivity index (χ4v) is 2.48. The minimum Gasteiger partial charge on any atom is -0.384 e. The summed E-state index contributed by atoms with van der Waals surface area (Å²) in [5.74, 6) is 5.52. The Balaban J connectivity index is 1.80. The van der Waals surface area contributed by atoms with Crippen LogP contribution in [0.3, 0.4) is 0 Å². The highest BCUT2D eigenvalue weighted by molar-refractivity contribution is 6.05. The van der Waals surface area contributed by atoms with E-state index in [1.165, 1.54) is 23.5 Å². The lowest BCUT2D eigenvalue weighted by Gasteiger charge is -2.11. The molecule has 0 bridgehead atoms. The molecule has 2 heterocycles. The maximum Gasteiger partial charge on any atom is 0.274 e. The van der Waals surface area contributed by atoms with Crippen molar-refractivity contribution in [3.05, 3.63) is 78.8 Å². The third-order valence-corrected chi connectivity index (χ3v) is 3.64. The lowest BCUT2D eigenvalue weighted by molar-refractivity contribution is 0.102. The van der Waals surface area contributed by atoms with Crippen LogP contribution in [0, 0.1) is 0 Å². The Kier molecular flexibility index (Phi) is 5.78. The Morgan fingerprint density at radius 1 is 1.11 bits per heavy atom. The molecule has 0 fully saturated rings. The fraction of sp³-hybridized carbons (Fsp3) is 0.0526. The van der Waals surface area contributed by atoms with Gasteiger partial charge < -0.3 is 21.4 Å². The number of rotatable bonds is 6. The van der Waals surface area contributed by atoms with E-state index < -0.39 is 5.91 Å². The average molecular weight is 376 g/mol. The first kappa shape index (κ1) is 18.8. The Morgan fingerprint density at radius 3 is 2.64 bits per heavy atom. The topological polar surface area (TPSA) is 135 Å². The second-order valence-electron chi connectivity index (χ2n) is 5.88. The molecule has 0 radical (unpaired) electrons. The van der Waals surface area contributed by atoms with Crippen molar-refractivity contribution in [1.82, 2.24) is 20.0 Å². The van der Waals surface area contributed by atoms with E-state index in [2.05, 4.69) is 25.6 Å². The fourth-order valence-electron chi connectivity index (χ4n) is 2.48. The summed E-state index contributed by atoms with van der Waals surface area (Å²) in [4.78, 5) is 25.0. The molecule has 0 unspecified atom stereocenters. The monoisotopic (exact) mass is 376 g/mol. The molecule has 9 heteroatoms. The lowest BCUT2D eigenvalue weighted by Crippen LogP contribution is -2.24. The highest BCUT2D eigenvalue weighted by atomic mass is 16.1. The predicted molar refractivity (Wildman–Crippen MR) is 108 cm³/mol. The number of aromatic nitrogens is 3. The third-order valence-electron chi connectivity index (χ3n) is 3.64. The van der Waals surface area contributed by atoms with Gasteiger partial charge in [0, 0.05) is 25.0 Å². The van der Waals surface area contributed by atoms with E-state index in [1.807, 2.05) is 36.4 Å². The van der Waals surface area contributed by atoms with Gasteiger partial charge in [-0.2, -0.15) is 0 Å². The van der Waals surface area contributed by atoms with Gasteiger partial charge in [-0.05, 0) is 17.7 Å². The van der Waals surface area contributed by atoms with E-state index in [4.69, 9.17) is 11.6 Å². The largest absolute Gasteiger partial charge is 0.384 e. The van der Waals surface area contributed by atoms with Crippen molar-refractivity contribution in [2.45, 2.75) is 0 Å². The number of carbonyl (C=O) groups is 1. The van der Waals surface area contributed by atoms with E-state index in [0.29, 0.717) is 5.69 Å². The molecule has 28 heavy (non-hydrogen) atoms. The first-order chi connectivity index (χ1) is 13.5. The van der Waals surface area contributed by atoms with E-state index in [1.54, 1.807) is 19.4 Å². The molecule has 0 saturated carbocycles. The van der Waals surface area contributed by atoms with Crippen molar-refractivity contribution in [3.8, 4) is 11.1 Å². The molecule has 6 N–H and O–H groups in total. The summed E-state index contributed by atoms with van der Waals surface area (Å²) in [5, 5.41) is 6.90. The molecule has 0 atom stereocenters. The molecule has 142 valence electrons. The van der Waals surface area contributed by atoms with Gasteiger partial charge in [-0.3, -0.25) is 9.78 Å². The molecule has 0 aliphatic carbocycles. The number of amides is 1. The highest BCUT2D eigenvalue weighted by Gasteiger charge is 2.13. The van der Waals surface area contributed by atoms with Crippen LogP contribution in [0.25, 0.3) is 11.1 Å². The molecule has 0 aliphatic rings. The van der Waals surface area contributed by atoms with Crippen LogP contribution in [-0.4, -0.2) is 32.9 Å². The Bertz CT molecular complexity index is 988. The zero-order chi connectivity index (χ0) is 19.9. The van der Waals surface area contributed by atoms with Gasteiger partial charge in [0.25, 0.3) is 5.91 Å². The maximum absolute atomic E-state index is 12.7. The summed E-state index contributed by atoms with van der Waals surface area (Å²) in [6.07, 6.45) is 6.19. The number of anilines is 2. The van der Waals surface area contributed by atoms with Crippen LogP contribution in [0.2, 0.25) is 0 Å². The van der Waals surface area contributed by atoms with Crippen LogP contribution in [0.1, 0.15) is 10.5 Å². The quantitative estimate of drug-likeness (QED) is 0.377. The van der Waals surface area contributed by atoms with Crippen molar-refractivity contribution in [2.75, 3.05) is 17.7 Å². The minimum atomic E-state index is -0.394. The molecule has 1 aromatic carbocycles. The third kappa shape index (κ3) is 4.80. The van der Waals surface area contributed by atoms with Crippen LogP contribution in [0.4, 0.5) is 11.6 Å². The van der Waals surface area contributed by atoms with Crippen molar-refractivity contribution in [1.29, 1.82) is 0 Å². The number of hydrogen-bond donors (Lipinski definition) is 4. The van der Waals surface area contributed by atoms with Gasteiger partial charge >= 0.3 is 0 Å². The molecule has 9 nitrogen and oxygen atoms in total. The summed E-state index contributed by atoms with van der Waals surface area (Å²) in [5.41, 5.74) is 8.36. The lowest BCUT2D eigenvalue weighted by atomic mass is 10.1. The summed E-state index contributed by atoms with van der Waals surface area (Å²) in [7, 11) is 1.62. The smallest absolute Gasteiger partial charge is 0.274 e. The number of hydrogen-bond acceptors (Lipinski definition) is 8. The summed E-state index contributed by atoms with van der Waals surface area (Å²) < 4.78 is 0. The molecule has 2 aromatic heterocycles. The number of nitrogens with zero attached hydrogens (tertiary/aromatic N) is 4. The number of hydrazine groups is 1. The first-order valence-electron chi connectivity index (χ1n) is 8.38. The Morgan fingerprint density at radius 2 is 1.89 bits per heavy atom. The second-order valence-corrected chi connectivity index (χ2v) is 5.88. The molecule has 0 spiro atoms. The van der Waals surface area contributed by atoms with Gasteiger partial charge in [0.1, 0.15) is 11.5 Å². The van der Waals surface area contributed by atoms with Gasteiger partial charge in [-0.25, -0.2) is 15.8 Å². The number of carbonyl (C=O) groups excluding carboxylic acids is 1. The van der Waals surface area contributed by atoms with Crippen molar-refractivity contribution in [2.24, 2.45) is 11.6 Å². The molecule has 3 aromatic rings. The SMILES string of the molecule is CN(N)/C=C(\N)Nc1nccc(C(=O)Nc2cnccc2-c2ccccc2)n1. The first-order valence-corrected chi connectivity index (χ1v) is 8.38. The van der Waals surface area contributed by atoms with E-state index in [9.17, 15) is 4.79 Å². The summed E-state index contributed by atoms with van der Waals surface area (Å²) in [6.45, 7) is 0. The standard InChI is InChI=1S/C19H20N8O/c1-27(21)12-17(20)26-19-23-10-8-15(25-19)18(28)24-16-11-22-9-7-14(16)13-5-3-2-4-6-13/h2-12H,20-21H2,1H3,(H,24,28)(H,23,25,26)/b17-12+. The van der Waals surface area contributed by atoms with Crippen molar-refractivity contribution in [3.63, 3.8) is 0 Å². The van der Waals surface area contributed by atoms with Crippen LogP contribution >= 0.6 is 0 Å². The summed E-state index contributed by atoms with van der Waals surface area (Å²) >= 11 is 0. The van der Waals surface area contributed by atoms with Gasteiger partial charge in [-0.15, -0.1) is 0 Å². The van der Waals surface area contributed by atoms with E-state index in [-0.39, 0.29) is 17.5 Å². The molecular formula is C19H20N8O. The summed E-state index contributed by atoms with van der Waals surface area (Å²) in [6, 6.07) is 13.1. The minimum absolute atomic E-state index is 0.175. The highest BCUT2D eigenvalue weighted by Crippen LogP contribution is 2.26. The van der Waals surface area contributed by atoms with Crippen LogP contribution in [0.5, 0.6) is 0 Å². The number of pyridine rings is 1. The molecule has 1 amide bonds. The zero-order valence-electron chi connectivity index (χ0n) is 15.2. The van der Waals surface area contributed by atoms with Gasteiger partial charge in [0.05, 0.1) is 18.1 Å². The number of benzene rings is 1. The molecule has 3 rings (SSSR count). The Hall–Kier alpha value is -3.98. The molecular weight excluding hydrogens is 356 g/mol. The van der Waals surface area contributed by atoms with E-state index in [0.717, 1.165) is 11.1 Å². The van der Waals surface area contributed by atoms with Crippen molar-refractivity contribution < 1.29 is 4.79 Å². The van der Waals surface area contributed by atoms with Gasteiger partial charge in [-0.1, -0.05) is 30.3 Å². The van der Waals surface area contributed by atoms with Gasteiger partial charge in [0.2, 0.25) is 5.95 Å². The second kappa shape index (κ2) is 8.60. The number of nitrogens with one attached hydrogen (secondary N) is 2. The predicted octanol–water partition coefficient (Wildman–Crippen LogP) is 1.77. The van der Waals surface area contributed by atoms with Crippen LogP contribution in [0.15, 0.2) is 73.1 Å². The number of nitrogens with two attached hydrogens (primary N) is 2. The average Bonchev–Trinajstić information content (AvgIpc) is 2.68. The zero-order valence-corrected chi connectivity index (χ0v) is 15.2. The van der Waals surface area contributed by atoms with Crippen LogP contribution in [-0.2, 0) is 0 Å². The molecule has 0 saturated heterocycles. The van der Waals surface area contributed by atoms with Gasteiger partial charge in [0.15, 0.2) is 0 Å². The van der Waals surface area contributed by atoms with Crippen LogP contribution < -0.4 is 22.2 Å². The van der Waals surface area contributed by atoms with E-state index >= 15 is 0 Å².